The molecular formula is C18H23N7O2S. The lowest BCUT2D eigenvalue weighted by Crippen LogP contribution is -2.50. The van der Waals surface area contributed by atoms with Gasteiger partial charge in [0.2, 0.25) is 0 Å². The normalized spacial score (nSPS) is 15.4. The molecule has 148 valence electrons. The van der Waals surface area contributed by atoms with Crippen molar-refractivity contribution in [1.29, 1.82) is 0 Å². The van der Waals surface area contributed by atoms with Crippen molar-refractivity contribution in [3.63, 3.8) is 0 Å². The molecule has 1 aliphatic rings. The van der Waals surface area contributed by atoms with Gasteiger partial charge in [-0.3, -0.25) is 0 Å². The minimum absolute atomic E-state index is 0.272. The van der Waals surface area contributed by atoms with Crippen LogP contribution in [0.4, 0.5) is 10.6 Å². The number of pyridine rings is 1. The molecule has 1 fully saturated rings. The van der Waals surface area contributed by atoms with E-state index in [1.807, 2.05) is 27.0 Å². The number of rotatable bonds is 2. The Morgan fingerprint density at radius 1 is 1.18 bits per heavy atom. The van der Waals surface area contributed by atoms with Crippen LogP contribution < -0.4 is 4.90 Å². The highest BCUT2D eigenvalue weighted by Gasteiger charge is 2.27. The number of imidazole rings is 1. The summed E-state index contributed by atoms with van der Waals surface area (Å²) in [6.45, 7) is 8.13. The monoisotopic (exact) mass is 401 g/mol. The minimum Gasteiger partial charge on any atom is -0.444 e. The number of fused-ring (bicyclic) bond motifs is 3. The number of nitrogens with zero attached hydrogens (tertiary/aromatic N) is 6. The van der Waals surface area contributed by atoms with Crippen molar-refractivity contribution in [1.82, 2.24) is 29.8 Å². The first-order chi connectivity index (χ1) is 13.4. The number of thioether (sulfide) groups is 1. The van der Waals surface area contributed by atoms with Crippen LogP contribution in [0.15, 0.2) is 17.7 Å². The van der Waals surface area contributed by atoms with Crippen LogP contribution in [-0.2, 0) is 4.74 Å². The lowest BCUT2D eigenvalue weighted by atomic mass is 10.2. The molecular weight excluding hydrogens is 378 g/mol. The molecule has 1 saturated heterocycles. The number of aromatic nitrogens is 5. The van der Waals surface area contributed by atoms with Crippen LogP contribution in [0, 0.1) is 0 Å². The molecule has 0 aliphatic carbocycles. The van der Waals surface area contributed by atoms with Crippen LogP contribution in [0.5, 0.6) is 0 Å². The number of nitrogens with one attached hydrogen (secondary N) is 1. The maximum absolute atomic E-state index is 12.3. The van der Waals surface area contributed by atoms with E-state index in [1.54, 1.807) is 11.1 Å². The first-order valence-electron chi connectivity index (χ1n) is 9.12. The molecule has 0 saturated carbocycles. The van der Waals surface area contributed by atoms with Crippen molar-refractivity contribution in [2.24, 2.45) is 0 Å². The van der Waals surface area contributed by atoms with Crippen LogP contribution in [0.3, 0.4) is 0 Å². The van der Waals surface area contributed by atoms with E-state index in [4.69, 9.17) is 9.72 Å². The SMILES string of the molecule is CSc1nc(N2CCN(C(=O)OC(C)(C)C)CC2)c2cnc3ncnc3c2[nH]1. The van der Waals surface area contributed by atoms with Crippen molar-refractivity contribution < 1.29 is 9.53 Å². The summed E-state index contributed by atoms with van der Waals surface area (Å²) in [5, 5.41) is 1.70. The van der Waals surface area contributed by atoms with E-state index < -0.39 is 5.60 Å². The van der Waals surface area contributed by atoms with Crippen molar-refractivity contribution in [2.45, 2.75) is 31.5 Å². The van der Waals surface area contributed by atoms with E-state index >= 15 is 0 Å². The predicted molar refractivity (Wildman–Crippen MR) is 109 cm³/mol. The zero-order valence-electron chi connectivity index (χ0n) is 16.4. The molecule has 1 amide bonds. The third-order valence-corrected chi connectivity index (χ3v) is 5.09. The average molecular weight is 401 g/mol. The fourth-order valence-corrected chi connectivity index (χ4v) is 3.58. The summed E-state index contributed by atoms with van der Waals surface area (Å²) in [5.74, 6) is 0.847. The second-order valence-electron chi connectivity index (χ2n) is 7.62. The first-order valence-corrected chi connectivity index (χ1v) is 10.3. The number of anilines is 1. The lowest BCUT2D eigenvalue weighted by molar-refractivity contribution is 0.0240. The fraction of sp³-hybridized carbons (Fsp3) is 0.500. The lowest BCUT2D eigenvalue weighted by Gasteiger charge is -2.36. The Hall–Kier alpha value is -2.62. The summed E-state index contributed by atoms with van der Waals surface area (Å²) in [6, 6.07) is 0. The second-order valence-corrected chi connectivity index (χ2v) is 8.41. The summed E-state index contributed by atoms with van der Waals surface area (Å²) >= 11 is 1.54. The summed E-state index contributed by atoms with van der Waals surface area (Å²) in [4.78, 5) is 37.3. The standard InChI is InChI=1S/C18H23N7O2S/c1-18(2,3)27-17(26)25-7-5-24(6-8-25)15-11-9-19-14-13(20-10-21-14)12(11)22-16(23-15)28-4/h9-10H,5-8H2,1-4H3,(H,22,23). The number of amides is 1. The van der Waals surface area contributed by atoms with Gasteiger partial charge in [-0.2, -0.15) is 0 Å². The molecule has 0 bridgehead atoms. The van der Waals surface area contributed by atoms with Gasteiger partial charge in [-0.05, 0) is 27.0 Å². The molecule has 9 nitrogen and oxygen atoms in total. The van der Waals surface area contributed by atoms with Crippen LogP contribution in [0.2, 0.25) is 0 Å². The number of carbonyl (C=O) groups is 1. The summed E-state index contributed by atoms with van der Waals surface area (Å²) < 4.78 is 5.48. The molecule has 0 unspecified atom stereocenters. The zero-order valence-corrected chi connectivity index (χ0v) is 17.2. The zero-order chi connectivity index (χ0) is 19.9. The van der Waals surface area contributed by atoms with Gasteiger partial charge in [0.25, 0.3) is 0 Å². The van der Waals surface area contributed by atoms with Crippen molar-refractivity contribution in [3.8, 4) is 0 Å². The molecule has 1 aliphatic heterocycles. The Labute approximate surface area is 166 Å². The number of ether oxygens (including phenoxy) is 1. The molecule has 1 N–H and O–H groups in total. The molecule has 0 atom stereocenters. The van der Waals surface area contributed by atoms with Crippen molar-refractivity contribution >= 4 is 45.7 Å². The van der Waals surface area contributed by atoms with E-state index in [2.05, 4.69) is 24.8 Å². The van der Waals surface area contributed by atoms with Gasteiger partial charge in [0, 0.05) is 32.4 Å². The predicted octanol–water partition coefficient (Wildman–Crippen LogP) is 2.68. The first kappa shape index (κ1) is 18.7. The highest BCUT2D eigenvalue weighted by atomic mass is 32.2. The van der Waals surface area contributed by atoms with Crippen LogP contribution in [0.1, 0.15) is 20.8 Å². The molecule has 0 radical (unpaired) electrons. The smallest absolute Gasteiger partial charge is 0.410 e. The third kappa shape index (κ3) is 3.56. The highest BCUT2D eigenvalue weighted by molar-refractivity contribution is 7.98. The maximum Gasteiger partial charge on any atom is 0.410 e. The molecule has 4 rings (SSSR count). The number of piperazine rings is 1. The Bertz CT molecular complexity index is 1020. The van der Waals surface area contributed by atoms with Gasteiger partial charge in [0.15, 0.2) is 10.8 Å². The van der Waals surface area contributed by atoms with Gasteiger partial charge in [-0.15, -0.1) is 0 Å². The molecule has 3 aromatic heterocycles. The molecule has 28 heavy (non-hydrogen) atoms. The average Bonchev–Trinajstić information content (AvgIpc) is 3.15. The summed E-state index contributed by atoms with van der Waals surface area (Å²) in [5.41, 5.74) is 1.74. The topological polar surface area (TPSA) is 100 Å². The number of carbonyl (C=O) groups excluding carboxylic acids is 1. The van der Waals surface area contributed by atoms with Gasteiger partial charge >= 0.3 is 6.09 Å². The van der Waals surface area contributed by atoms with Crippen LogP contribution >= 0.6 is 11.8 Å². The molecule has 10 heteroatoms. The van der Waals surface area contributed by atoms with Gasteiger partial charge in [-0.1, -0.05) is 11.8 Å². The van der Waals surface area contributed by atoms with Crippen LogP contribution in [-0.4, -0.2) is 73.9 Å². The van der Waals surface area contributed by atoms with E-state index in [1.165, 1.54) is 18.1 Å². The fourth-order valence-electron chi connectivity index (χ4n) is 3.20. The van der Waals surface area contributed by atoms with Gasteiger partial charge in [0.1, 0.15) is 23.3 Å². The summed E-state index contributed by atoms with van der Waals surface area (Å²) in [7, 11) is 0. The number of H-pyrrole nitrogens is 1. The number of hydrogen-bond donors (Lipinski definition) is 1. The molecule has 0 spiro atoms. The number of hydrogen-bond acceptors (Lipinski definition) is 8. The highest BCUT2D eigenvalue weighted by Crippen LogP contribution is 2.30. The van der Waals surface area contributed by atoms with E-state index in [9.17, 15) is 4.79 Å². The quantitative estimate of drug-likeness (QED) is 0.517. The Kier molecular flexibility index (Phi) is 4.74. The third-order valence-electron chi connectivity index (χ3n) is 4.51. The number of aromatic amines is 1. The van der Waals surface area contributed by atoms with Gasteiger partial charge in [0.05, 0.1) is 10.9 Å². The molecule has 3 aromatic rings. The van der Waals surface area contributed by atoms with E-state index in [0.717, 1.165) is 27.4 Å². The Morgan fingerprint density at radius 3 is 2.61 bits per heavy atom. The van der Waals surface area contributed by atoms with Gasteiger partial charge < -0.3 is 19.5 Å². The second kappa shape index (κ2) is 7.08. The van der Waals surface area contributed by atoms with Crippen molar-refractivity contribution in [2.75, 3.05) is 37.3 Å². The van der Waals surface area contributed by atoms with Crippen LogP contribution in [0.25, 0.3) is 22.1 Å². The molecule has 0 aromatic carbocycles. The minimum atomic E-state index is -0.494. The maximum atomic E-state index is 12.3. The molecule has 4 heterocycles. The largest absolute Gasteiger partial charge is 0.444 e. The van der Waals surface area contributed by atoms with E-state index in [-0.39, 0.29) is 6.09 Å². The van der Waals surface area contributed by atoms with Crippen molar-refractivity contribution in [3.05, 3.63) is 12.5 Å². The van der Waals surface area contributed by atoms with Gasteiger partial charge in [-0.25, -0.2) is 24.7 Å². The summed E-state index contributed by atoms with van der Waals surface area (Å²) in [6.07, 6.45) is 5.01. The Morgan fingerprint density at radius 2 is 1.93 bits per heavy atom. The Balaban J connectivity index is 1.62. The van der Waals surface area contributed by atoms with E-state index in [0.29, 0.717) is 31.8 Å².